The van der Waals surface area contributed by atoms with Crippen LogP contribution in [0.4, 0.5) is 13.2 Å². The van der Waals surface area contributed by atoms with Crippen LogP contribution in [-0.4, -0.2) is 48.9 Å². The van der Waals surface area contributed by atoms with Crippen LogP contribution in [0.5, 0.6) is 5.88 Å². The molecule has 0 N–H and O–H groups in total. The minimum absolute atomic E-state index is 0.0483. The molecule has 0 radical (unpaired) electrons. The number of alkyl halides is 3. The Balaban J connectivity index is 1.76. The van der Waals surface area contributed by atoms with E-state index in [1.165, 1.54) is 4.80 Å². The highest BCUT2D eigenvalue weighted by Gasteiger charge is 2.47. The number of aryl methyl sites for hydroxylation is 1. The van der Waals surface area contributed by atoms with E-state index in [-0.39, 0.29) is 5.88 Å². The van der Waals surface area contributed by atoms with Crippen molar-refractivity contribution in [3.63, 3.8) is 0 Å². The Morgan fingerprint density at radius 3 is 2.56 bits per heavy atom. The normalized spacial score (nSPS) is 21.4. The third-order valence-corrected chi connectivity index (χ3v) is 5.73. The fraction of sp³-hybridized carbons (Fsp3) is 0.381. The van der Waals surface area contributed by atoms with E-state index < -0.39 is 23.5 Å². The summed E-state index contributed by atoms with van der Waals surface area (Å²) < 4.78 is 44.5. The highest BCUT2D eigenvalue weighted by Crippen LogP contribution is 2.41. The molecule has 3 aromatic rings. The van der Waals surface area contributed by atoms with Crippen molar-refractivity contribution in [3.05, 3.63) is 59.8 Å². The fourth-order valence-corrected chi connectivity index (χ4v) is 4.05. The van der Waals surface area contributed by atoms with E-state index >= 15 is 0 Å². The average Bonchev–Trinajstić information content (AvgIpc) is 3.30. The second-order valence-electron chi connectivity index (χ2n) is 7.77. The number of rotatable bonds is 5. The first kappa shape index (κ1) is 21.7. The smallest absolute Gasteiger partial charge is 0.434 e. The number of ether oxygens (including phenoxy) is 1. The zero-order valence-corrected chi connectivity index (χ0v) is 17.5. The second-order valence-corrected chi connectivity index (χ2v) is 7.77. The number of carbonyl (C=O) groups is 1. The lowest BCUT2D eigenvalue weighted by atomic mass is 9.78. The number of hydrogen-bond acceptors (Lipinski definition) is 6. The lowest BCUT2D eigenvalue weighted by Gasteiger charge is -2.48. The van der Waals surface area contributed by atoms with Crippen molar-refractivity contribution in [1.29, 1.82) is 0 Å². The quantitative estimate of drug-likeness (QED) is 0.559. The molecular weight excluding hydrogens is 425 g/mol. The maximum absolute atomic E-state index is 12.8. The first-order chi connectivity index (χ1) is 15.2. The van der Waals surface area contributed by atoms with Gasteiger partial charge in [-0.15, -0.1) is 0 Å². The molecule has 0 unspecified atom stereocenters. The average molecular weight is 446 g/mol. The number of carbonyl (C=O) groups excluding carboxylic acids is 1. The molecule has 32 heavy (non-hydrogen) atoms. The fourth-order valence-electron chi connectivity index (χ4n) is 4.05. The highest BCUT2D eigenvalue weighted by molar-refractivity contribution is 5.55. The van der Waals surface area contributed by atoms with Gasteiger partial charge in [0.2, 0.25) is 12.3 Å². The predicted molar refractivity (Wildman–Crippen MR) is 107 cm³/mol. The summed E-state index contributed by atoms with van der Waals surface area (Å²) in [5.74, 6) is -0.0483. The molecule has 0 bridgehead atoms. The molecule has 1 saturated heterocycles. The van der Waals surface area contributed by atoms with E-state index in [0.717, 1.165) is 23.7 Å². The zero-order chi connectivity index (χ0) is 22.9. The van der Waals surface area contributed by atoms with E-state index in [9.17, 15) is 18.0 Å². The third kappa shape index (κ3) is 3.90. The van der Waals surface area contributed by atoms with Gasteiger partial charge in [-0.1, -0.05) is 12.1 Å². The van der Waals surface area contributed by atoms with Crippen molar-refractivity contribution in [3.8, 4) is 11.6 Å². The molecule has 1 aliphatic heterocycles. The van der Waals surface area contributed by atoms with Crippen molar-refractivity contribution in [2.75, 3.05) is 6.54 Å². The Labute approximate surface area is 182 Å². The first-order valence-corrected chi connectivity index (χ1v) is 9.99. The Morgan fingerprint density at radius 1 is 1.19 bits per heavy atom. The standard InChI is InChI=1S/C21H21F3N6O2/c1-14-5-6-15(16(10-14)30-27-7-8-28-30)20(2)18(4-3-9-29(20)13-31)32-19-12-25-17(11-26-19)21(22,23)24/h5-8,10-13,18H,3-4,9H2,1-2H3/t18-,20+/m1/s1. The lowest BCUT2D eigenvalue weighted by Crippen LogP contribution is -2.57. The van der Waals surface area contributed by atoms with E-state index in [4.69, 9.17) is 4.74 Å². The summed E-state index contributed by atoms with van der Waals surface area (Å²) in [4.78, 5) is 22.4. The molecule has 1 aromatic carbocycles. The van der Waals surface area contributed by atoms with E-state index in [0.29, 0.717) is 31.3 Å². The minimum atomic E-state index is -4.59. The van der Waals surface area contributed by atoms with Gasteiger partial charge in [0, 0.05) is 12.1 Å². The van der Waals surface area contributed by atoms with Crippen LogP contribution in [0.2, 0.25) is 0 Å². The van der Waals surface area contributed by atoms with Gasteiger partial charge in [0.1, 0.15) is 11.6 Å². The molecule has 1 aliphatic rings. The van der Waals surface area contributed by atoms with E-state index in [1.54, 1.807) is 17.3 Å². The molecular formula is C21H21F3N6O2. The number of amides is 1. The van der Waals surface area contributed by atoms with Crippen LogP contribution in [-0.2, 0) is 16.5 Å². The van der Waals surface area contributed by atoms with Gasteiger partial charge in [-0.05, 0) is 38.3 Å². The van der Waals surface area contributed by atoms with Crippen molar-refractivity contribution >= 4 is 6.41 Å². The van der Waals surface area contributed by atoms with Gasteiger partial charge in [-0.3, -0.25) is 4.79 Å². The summed E-state index contributed by atoms with van der Waals surface area (Å²) in [6.07, 6.45) is 1.49. The summed E-state index contributed by atoms with van der Waals surface area (Å²) >= 11 is 0. The van der Waals surface area contributed by atoms with Gasteiger partial charge in [0.05, 0.1) is 30.5 Å². The molecule has 0 saturated carbocycles. The van der Waals surface area contributed by atoms with Crippen LogP contribution in [0.1, 0.15) is 36.6 Å². The topological polar surface area (TPSA) is 86.0 Å². The molecule has 4 rings (SSSR count). The van der Waals surface area contributed by atoms with Gasteiger partial charge < -0.3 is 9.64 Å². The lowest BCUT2D eigenvalue weighted by molar-refractivity contribution is -0.141. The SMILES string of the molecule is Cc1ccc([C@@]2(C)[C@H](Oc3cnc(C(F)(F)F)cn3)CCCN2C=O)c(-n2nccn2)c1. The molecule has 3 heterocycles. The Hall–Kier alpha value is -3.50. The number of hydrogen-bond donors (Lipinski definition) is 0. The molecule has 8 nitrogen and oxygen atoms in total. The van der Waals surface area contributed by atoms with Crippen molar-refractivity contribution in [1.82, 2.24) is 29.9 Å². The molecule has 1 fully saturated rings. The number of halogens is 3. The molecule has 11 heteroatoms. The Morgan fingerprint density at radius 2 is 1.94 bits per heavy atom. The molecule has 0 spiro atoms. The molecule has 168 valence electrons. The molecule has 1 amide bonds. The molecule has 2 aromatic heterocycles. The van der Waals surface area contributed by atoms with Gasteiger partial charge in [-0.25, -0.2) is 9.97 Å². The number of piperidine rings is 1. The zero-order valence-electron chi connectivity index (χ0n) is 17.5. The maximum atomic E-state index is 12.8. The minimum Gasteiger partial charge on any atom is -0.470 e. The third-order valence-electron chi connectivity index (χ3n) is 5.73. The first-order valence-electron chi connectivity index (χ1n) is 9.99. The van der Waals surface area contributed by atoms with Crippen LogP contribution >= 0.6 is 0 Å². The summed E-state index contributed by atoms with van der Waals surface area (Å²) in [7, 11) is 0. The van der Waals surface area contributed by atoms with Gasteiger partial charge in [0.25, 0.3) is 0 Å². The van der Waals surface area contributed by atoms with E-state index in [2.05, 4.69) is 20.2 Å². The highest BCUT2D eigenvalue weighted by atomic mass is 19.4. The molecule has 2 atom stereocenters. The summed E-state index contributed by atoms with van der Waals surface area (Å²) in [6, 6.07) is 5.72. The van der Waals surface area contributed by atoms with Crippen LogP contribution in [0.15, 0.2) is 43.0 Å². The van der Waals surface area contributed by atoms with Crippen molar-refractivity contribution in [2.24, 2.45) is 0 Å². The summed E-state index contributed by atoms with van der Waals surface area (Å²) in [5, 5.41) is 8.47. The monoisotopic (exact) mass is 446 g/mol. The van der Waals surface area contributed by atoms with Gasteiger partial charge >= 0.3 is 6.18 Å². The maximum Gasteiger partial charge on any atom is 0.434 e. The largest absolute Gasteiger partial charge is 0.470 e. The predicted octanol–water partition coefficient (Wildman–Crippen LogP) is 3.30. The second kappa shape index (κ2) is 8.21. The van der Waals surface area contributed by atoms with Crippen molar-refractivity contribution < 1.29 is 22.7 Å². The van der Waals surface area contributed by atoms with E-state index in [1.807, 2.05) is 32.0 Å². The molecule has 0 aliphatic carbocycles. The van der Waals surface area contributed by atoms with Crippen LogP contribution in [0.25, 0.3) is 5.69 Å². The number of nitrogens with zero attached hydrogens (tertiary/aromatic N) is 6. The van der Waals surface area contributed by atoms with Crippen molar-refractivity contribution in [2.45, 2.75) is 44.5 Å². The summed E-state index contributed by atoms with van der Waals surface area (Å²) in [5.41, 5.74) is 0.343. The Kier molecular flexibility index (Phi) is 5.57. The van der Waals surface area contributed by atoms with Crippen LogP contribution in [0, 0.1) is 6.92 Å². The number of likely N-dealkylation sites (tertiary alicyclic amines) is 1. The van der Waals surface area contributed by atoms with Gasteiger partial charge in [0.15, 0.2) is 5.69 Å². The van der Waals surface area contributed by atoms with Crippen LogP contribution in [0.3, 0.4) is 0 Å². The van der Waals surface area contributed by atoms with Crippen LogP contribution < -0.4 is 4.74 Å². The number of aromatic nitrogens is 5. The number of benzene rings is 1. The van der Waals surface area contributed by atoms with Gasteiger partial charge in [-0.2, -0.15) is 28.2 Å². The Bertz CT molecular complexity index is 1090. The summed E-state index contributed by atoms with van der Waals surface area (Å²) in [6.45, 7) is 4.29.